The molecule has 3 aromatic rings. The molecule has 1 amide bonds. The SMILES string of the molecule is O=C(NC1CN(c2ncnc3ccsc23)C1)c1cc(C2CC2)on1. The number of rotatable bonds is 4. The lowest BCUT2D eigenvalue weighted by molar-refractivity contribution is 0.0921. The monoisotopic (exact) mass is 341 g/mol. The van der Waals surface area contributed by atoms with Crippen LogP contribution in [0, 0.1) is 0 Å². The van der Waals surface area contributed by atoms with Crippen molar-refractivity contribution in [3.05, 3.63) is 35.3 Å². The van der Waals surface area contributed by atoms with Gasteiger partial charge in [-0.3, -0.25) is 4.79 Å². The molecule has 0 spiro atoms. The highest BCUT2D eigenvalue weighted by Crippen LogP contribution is 2.40. The van der Waals surface area contributed by atoms with Gasteiger partial charge < -0.3 is 14.7 Å². The molecular weight excluding hydrogens is 326 g/mol. The van der Waals surface area contributed by atoms with Gasteiger partial charge in [0.1, 0.15) is 17.9 Å². The highest BCUT2D eigenvalue weighted by molar-refractivity contribution is 7.17. The molecule has 1 aliphatic heterocycles. The van der Waals surface area contributed by atoms with Crippen molar-refractivity contribution in [2.45, 2.75) is 24.8 Å². The molecule has 1 saturated heterocycles. The average Bonchev–Trinajstić information content (AvgIpc) is 3.10. The zero-order valence-electron chi connectivity index (χ0n) is 12.8. The normalized spacial score (nSPS) is 17.9. The third-order valence-corrected chi connectivity index (χ3v) is 5.38. The topological polar surface area (TPSA) is 84.2 Å². The van der Waals surface area contributed by atoms with Crippen LogP contribution in [0.25, 0.3) is 10.2 Å². The average molecular weight is 341 g/mol. The first-order chi connectivity index (χ1) is 11.8. The van der Waals surface area contributed by atoms with E-state index >= 15 is 0 Å². The number of hydrogen-bond acceptors (Lipinski definition) is 7. The fourth-order valence-electron chi connectivity index (χ4n) is 2.96. The van der Waals surface area contributed by atoms with Crippen LogP contribution in [0.1, 0.15) is 35.0 Å². The fourth-order valence-corrected chi connectivity index (χ4v) is 3.82. The van der Waals surface area contributed by atoms with E-state index in [2.05, 4.69) is 25.3 Å². The number of carbonyl (C=O) groups is 1. The van der Waals surface area contributed by atoms with Crippen molar-refractivity contribution in [3.63, 3.8) is 0 Å². The Bertz CT molecular complexity index is 910. The van der Waals surface area contributed by atoms with Gasteiger partial charge in [0, 0.05) is 25.1 Å². The van der Waals surface area contributed by atoms with Crippen LogP contribution in [0.15, 0.2) is 28.4 Å². The largest absolute Gasteiger partial charge is 0.360 e. The van der Waals surface area contributed by atoms with E-state index in [-0.39, 0.29) is 11.9 Å². The van der Waals surface area contributed by atoms with Crippen LogP contribution < -0.4 is 10.2 Å². The molecule has 7 nitrogen and oxygen atoms in total. The summed E-state index contributed by atoms with van der Waals surface area (Å²) < 4.78 is 6.33. The van der Waals surface area contributed by atoms with Crippen LogP contribution in [-0.2, 0) is 0 Å². The molecule has 1 N–H and O–H groups in total. The Kier molecular flexibility index (Phi) is 3.05. The second-order valence-electron chi connectivity index (χ2n) is 6.30. The Morgan fingerprint density at radius 3 is 3.04 bits per heavy atom. The van der Waals surface area contributed by atoms with Gasteiger partial charge in [0.2, 0.25) is 0 Å². The third-order valence-electron chi connectivity index (χ3n) is 4.48. The number of aromatic nitrogens is 3. The standard InChI is InChI=1S/C16H15N5O2S/c22-16(12-5-13(23-20-12)9-1-2-9)19-10-6-21(7-10)15-14-11(3-4-24-14)17-8-18-15/h3-5,8-10H,1-2,6-7H2,(H,19,22). The van der Waals surface area contributed by atoms with Crippen LogP contribution in [0.5, 0.6) is 0 Å². The van der Waals surface area contributed by atoms with Gasteiger partial charge in [-0.1, -0.05) is 5.16 Å². The molecule has 5 rings (SSSR count). The molecule has 0 aromatic carbocycles. The first kappa shape index (κ1) is 13.9. The fraction of sp³-hybridized carbons (Fsp3) is 0.375. The van der Waals surface area contributed by atoms with E-state index in [1.807, 2.05) is 11.4 Å². The number of hydrogen-bond donors (Lipinski definition) is 1. The molecule has 2 aliphatic rings. The summed E-state index contributed by atoms with van der Waals surface area (Å²) in [6.07, 6.45) is 3.85. The summed E-state index contributed by atoms with van der Waals surface area (Å²) in [4.78, 5) is 23.0. The zero-order valence-corrected chi connectivity index (χ0v) is 13.6. The Morgan fingerprint density at radius 2 is 2.21 bits per heavy atom. The van der Waals surface area contributed by atoms with Gasteiger partial charge in [0.25, 0.3) is 5.91 Å². The van der Waals surface area contributed by atoms with Gasteiger partial charge in [0.05, 0.1) is 16.3 Å². The second kappa shape index (κ2) is 5.27. The lowest BCUT2D eigenvalue weighted by atomic mass is 10.1. The van der Waals surface area contributed by atoms with Crippen LogP contribution in [-0.4, -0.2) is 40.2 Å². The maximum atomic E-state index is 12.2. The smallest absolute Gasteiger partial charge is 0.273 e. The molecule has 0 radical (unpaired) electrons. The van der Waals surface area contributed by atoms with Crippen molar-refractivity contribution in [2.75, 3.05) is 18.0 Å². The number of nitrogens with zero attached hydrogens (tertiary/aromatic N) is 4. The number of anilines is 1. The number of carbonyl (C=O) groups excluding carboxylic acids is 1. The van der Waals surface area contributed by atoms with Gasteiger partial charge in [-0.15, -0.1) is 11.3 Å². The van der Waals surface area contributed by atoms with E-state index < -0.39 is 0 Å². The van der Waals surface area contributed by atoms with Gasteiger partial charge in [-0.2, -0.15) is 0 Å². The summed E-state index contributed by atoms with van der Waals surface area (Å²) in [7, 11) is 0. The summed E-state index contributed by atoms with van der Waals surface area (Å²) in [6, 6.07) is 3.86. The van der Waals surface area contributed by atoms with Gasteiger partial charge in [-0.05, 0) is 24.3 Å². The summed E-state index contributed by atoms with van der Waals surface area (Å²) in [6.45, 7) is 1.48. The maximum Gasteiger partial charge on any atom is 0.273 e. The van der Waals surface area contributed by atoms with E-state index in [9.17, 15) is 4.79 Å². The molecule has 4 heterocycles. The highest BCUT2D eigenvalue weighted by atomic mass is 32.1. The number of fused-ring (bicyclic) bond motifs is 1. The van der Waals surface area contributed by atoms with Crippen molar-refractivity contribution in [1.82, 2.24) is 20.4 Å². The summed E-state index contributed by atoms with van der Waals surface area (Å²) in [5.74, 6) is 2.07. The maximum absolute atomic E-state index is 12.2. The first-order valence-electron chi connectivity index (χ1n) is 7.98. The number of thiophene rings is 1. The molecule has 0 bridgehead atoms. The zero-order chi connectivity index (χ0) is 16.1. The molecule has 2 fully saturated rings. The lowest BCUT2D eigenvalue weighted by Crippen LogP contribution is -2.59. The van der Waals surface area contributed by atoms with E-state index in [4.69, 9.17) is 4.52 Å². The van der Waals surface area contributed by atoms with Crippen LogP contribution in [0.4, 0.5) is 5.82 Å². The molecule has 0 unspecified atom stereocenters. The molecule has 0 atom stereocenters. The Labute approximate surface area is 141 Å². The van der Waals surface area contributed by atoms with Gasteiger partial charge in [0.15, 0.2) is 5.69 Å². The van der Waals surface area contributed by atoms with Crippen molar-refractivity contribution in [3.8, 4) is 0 Å². The summed E-state index contributed by atoms with van der Waals surface area (Å²) in [5, 5.41) is 8.90. The second-order valence-corrected chi connectivity index (χ2v) is 7.21. The van der Waals surface area contributed by atoms with Crippen molar-refractivity contribution in [2.24, 2.45) is 0 Å². The minimum absolute atomic E-state index is 0.101. The minimum atomic E-state index is -0.167. The van der Waals surface area contributed by atoms with Crippen molar-refractivity contribution in [1.29, 1.82) is 0 Å². The molecule has 24 heavy (non-hydrogen) atoms. The Hall–Kier alpha value is -2.48. The van der Waals surface area contributed by atoms with E-state index in [0.29, 0.717) is 11.6 Å². The number of amides is 1. The molecular formula is C16H15N5O2S. The Balaban J connectivity index is 1.23. The molecule has 122 valence electrons. The minimum Gasteiger partial charge on any atom is -0.360 e. The molecule has 1 saturated carbocycles. The third kappa shape index (κ3) is 2.34. The molecule has 3 aromatic heterocycles. The Morgan fingerprint density at radius 1 is 1.33 bits per heavy atom. The van der Waals surface area contributed by atoms with Gasteiger partial charge >= 0.3 is 0 Å². The van der Waals surface area contributed by atoms with Crippen LogP contribution >= 0.6 is 11.3 Å². The highest BCUT2D eigenvalue weighted by Gasteiger charge is 2.32. The first-order valence-corrected chi connectivity index (χ1v) is 8.86. The van der Waals surface area contributed by atoms with E-state index in [1.165, 1.54) is 0 Å². The molecule has 1 aliphatic carbocycles. The van der Waals surface area contributed by atoms with Gasteiger partial charge in [-0.25, -0.2) is 9.97 Å². The lowest BCUT2D eigenvalue weighted by Gasteiger charge is -2.40. The van der Waals surface area contributed by atoms with E-state index in [0.717, 1.165) is 47.7 Å². The predicted molar refractivity (Wildman–Crippen MR) is 89.4 cm³/mol. The van der Waals surface area contributed by atoms with Crippen LogP contribution in [0.3, 0.4) is 0 Å². The number of nitrogens with one attached hydrogen (secondary N) is 1. The summed E-state index contributed by atoms with van der Waals surface area (Å²) >= 11 is 1.64. The molecule has 8 heteroatoms. The van der Waals surface area contributed by atoms with E-state index in [1.54, 1.807) is 23.7 Å². The van der Waals surface area contributed by atoms with Crippen molar-refractivity contribution < 1.29 is 9.32 Å². The quantitative estimate of drug-likeness (QED) is 0.783. The van der Waals surface area contributed by atoms with Crippen LogP contribution in [0.2, 0.25) is 0 Å². The summed E-state index contributed by atoms with van der Waals surface area (Å²) in [5.41, 5.74) is 1.34. The predicted octanol–water partition coefficient (Wildman–Crippen LogP) is 2.18. The van der Waals surface area contributed by atoms with Crippen molar-refractivity contribution >= 4 is 33.3 Å².